The minimum absolute atomic E-state index is 0.102. The van der Waals surface area contributed by atoms with Crippen molar-refractivity contribution in [2.24, 2.45) is 0 Å². The van der Waals surface area contributed by atoms with Crippen LogP contribution in [-0.2, 0) is 16.1 Å². The van der Waals surface area contributed by atoms with Crippen LogP contribution in [0.3, 0.4) is 0 Å². The van der Waals surface area contributed by atoms with E-state index in [2.05, 4.69) is 0 Å². The van der Waals surface area contributed by atoms with Crippen LogP contribution in [0.2, 0.25) is 0 Å². The zero-order chi connectivity index (χ0) is 16.2. The molecule has 1 unspecified atom stereocenters. The molecule has 0 amide bonds. The Labute approximate surface area is 134 Å². The van der Waals surface area contributed by atoms with Crippen LogP contribution in [0.25, 0.3) is 6.08 Å². The molecule has 0 fully saturated rings. The lowest BCUT2D eigenvalue weighted by atomic mass is 9.92. The fraction of sp³-hybridized carbons (Fsp3) is 0.211. The lowest BCUT2D eigenvalue weighted by Gasteiger charge is -2.34. The summed E-state index contributed by atoms with van der Waals surface area (Å²) in [7, 11) is 0. The summed E-state index contributed by atoms with van der Waals surface area (Å²) in [6, 6.07) is 11.1. The lowest BCUT2D eigenvalue weighted by molar-refractivity contribution is -0.202. The number of benzene rings is 2. The fourth-order valence-electron chi connectivity index (χ4n) is 3.35. The number of ether oxygens (including phenoxy) is 2. The summed E-state index contributed by atoms with van der Waals surface area (Å²) in [6.07, 6.45) is 4.32. The molecular weight excluding hydrogens is 292 g/mol. The first-order valence-corrected chi connectivity index (χ1v) is 7.46. The van der Waals surface area contributed by atoms with Crippen LogP contribution < -0.4 is 4.74 Å². The van der Waals surface area contributed by atoms with Crippen LogP contribution in [0, 0.1) is 0 Å². The number of hydrogen-bond donors (Lipinski definition) is 1. The summed E-state index contributed by atoms with van der Waals surface area (Å²) in [5.41, 5.74) is 2.31. The van der Waals surface area contributed by atoms with Crippen molar-refractivity contribution in [2.75, 3.05) is 0 Å². The molecular formula is C19H16O4. The Bertz CT molecular complexity index is 850. The smallest absolute Gasteiger partial charge is 0.258 e. The molecule has 4 nitrogen and oxygen atoms in total. The van der Waals surface area contributed by atoms with E-state index in [1.54, 1.807) is 6.07 Å². The van der Waals surface area contributed by atoms with E-state index in [1.165, 1.54) is 6.07 Å². The first-order chi connectivity index (χ1) is 11.0. The second-order valence-electron chi connectivity index (χ2n) is 6.30. The average molecular weight is 308 g/mol. The third kappa shape index (κ3) is 1.85. The normalized spacial score (nSPS) is 23.2. The number of aromatic hydroxyl groups is 1. The van der Waals surface area contributed by atoms with Gasteiger partial charge in [0, 0.05) is 11.1 Å². The lowest BCUT2D eigenvalue weighted by Crippen LogP contribution is -2.35. The Balaban J connectivity index is 1.92. The van der Waals surface area contributed by atoms with Gasteiger partial charge >= 0.3 is 0 Å². The van der Waals surface area contributed by atoms with Crippen molar-refractivity contribution in [3.05, 3.63) is 64.7 Å². The van der Waals surface area contributed by atoms with Crippen molar-refractivity contribution < 1.29 is 19.4 Å². The first-order valence-electron chi connectivity index (χ1n) is 7.46. The van der Waals surface area contributed by atoms with E-state index >= 15 is 0 Å². The molecule has 0 bridgehead atoms. The highest BCUT2D eigenvalue weighted by atomic mass is 16.7. The van der Waals surface area contributed by atoms with Crippen LogP contribution in [0.4, 0.5) is 0 Å². The fourth-order valence-corrected chi connectivity index (χ4v) is 3.35. The number of phenolic OH excluding ortho intramolecular Hbond substituents is 1. The first kappa shape index (κ1) is 14.0. The van der Waals surface area contributed by atoms with E-state index in [0.717, 1.165) is 16.7 Å². The maximum absolute atomic E-state index is 11.4. The Morgan fingerprint density at radius 1 is 1.09 bits per heavy atom. The highest BCUT2D eigenvalue weighted by Gasteiger charge is 2.51. The predicted octanol–water partition coefficient (Wildman–Crippen LogP) is 3.73. The largest absolute Gasteiger partial charge is 0.507 e. The van der Waals surface area contributed by atoms with Crippen molar-refractivity contribution in [1.29, 1.82) is 0 Å². The van der Waals surface area contributed by atoms with Crippen molar-refractivity contribution in [1.82, 2.24) is 0 Å². The van der Waals surface area contributed by atoms with E-state index in [4.69, 9.17) is 9.47 Å². The number of carbonyl (C=O) groups excluding carboxylic acids is 1. The Kier molecular flexibility index (Phi) is 2.72. The van der Waals surface area contributed by atoms with Gasteiger partial charge < -0.3 is 14.6 Å². The zero-order valence-electron chi connectivity index (χ0n) is 12.9. The summed E-state index contributed by atoms with van der Waals surface area (Å²) in [6.45, 7) is 3.97. The van der Waals surface area contributed by atoms with Gasteiger partial charge in [0.2, 0.25) is 0 Å². The van der Waals surface area contributed by atoms with Gasteiger partial charge in [0.05, 0.1) is 11.2 Å². The number of hydrogen-bond acceptors (Lipinski definition) is 4. The quantitative estimate of drug-likeness (QED) is 0.816. The molecule has 0 saturated heterocycles. The minimum Gasteiger partial charge on any atom is -0.507 e. The number of phenols is 1. The Morgan fingerprint density at radius 2 is 1.83 bits per heavy atom. The van der Waals surface area contributed by atoms with Gasteiger partial charge in [-0.05, 0) is 43.7 Å². The second-order valence-corrected chi connectivity index (χ2v) is 6.30. The van der Waals surface area contributed by atoms with Crippen molar-refractivity contribution >= 4 is 12.4 Å². The molecule has 1 atom stereocenters. The third-order valence-electron chi connectivity index (χ3n) is 4.42. The van der Waals surface area contributed by atoms with E-state index in [1.807, 2.05) is 50.3 Å². The van der Waals surface area contributed by atoms with Crippen LogP contribution in [0.5, 0.6) is 11.5 Å². The summed E-state index contributed by atoms with van der Waals surface area (Å²) in [5, 5.41) is 9.92. The van der Waals surface area contributed by atoms with Crippen LogP contribution in [-0.4, -0.2) is 11.4 Å². The Hall–Kier alpha value is -2.59. The summed E-state index contributed by atoms with van der Waals surface area (Å²) >= 11 is 0. The van der Waals surface area contributed by atoms with E-state index in [9.17, 15) is 9.90 Å². The second kappa shape index (κ2) is 4.46. The Morgan fingerprint density at radius 3 is 2.57 bits per heavy atom. The predicted molar refractivity (Wildman–Crippen MR) is 85.4 cm³/mol. The summed E-state index contributed by atoms with van der Waals surface area (Å²) < 4.78 is 12.4. The molecule has 0 saturated carbocycles. The molecule has 0 aromatic heterocycles. The van der Waals surface area contributed by atoms with Gasteiger partial charge in [-0.25, -0.2) is 0 Å². The maximum Gasteiger partial charge on any atom is 0.258 e. The molecule has 0 aliphatic carbocycles. The van der Waals surface area contributed by atoms with Gasteiger partial charge in [-0.3, -0.25) is 4.79 Å². The highest BCUT2D eigenvalue weighted by molar-refractivity contribution is 5.87. The zero-order valence-corrected chi connectivity index (χ0v) is 12.9. The van der Waals surface area contributed by atoms with Gasteiger partial charge in [-0.1, -0.05) is 24.3 Å². The number of fused-ring (bicyclic) bond motifs is 3. The highest BCUT2D eigenvalue weighted by Crippen LogP contribution is 2.51. The monoisotopic (exact) mass is 308 g/mol. The molecule has 2 heterocycles. The summed E-state index contributed by atoms with van der Waals surface area (Å²) in [5.74, 6) is -0.844. The molecule has 23 heavy (non-hydrogen) atoms. The maximum atomic E-state index is 11.4. The molecule has 4 heteroatoms. The van der Waals surface area contributed by atoms with Crippen LogP contribution in [0.1, 0.15) is 40.9 Å². The van der Waals surface area contributed by atoms with Crippen molar-refractivity contribution in [2.45, 2.75) is 25.2 Å². The van der Waals surface area contributed by atoms with E-state index in [0.29, 0.717) is 12.0 Å². The standard InChI is InChI=1S/C19H16O4/c1-18(2)14-5-3-4-6-15(14)19(23-18)10-9-12-7-8-16(21)13(11-20)17(12)22-19/h3-11,21H,1-2H3. The van der Waals surface area contributed by atoms with Gasteiger partial charge in [0.25, 0.3) is 5.79 Å². The van der Waals surface area contributed by atoms with E-state index < -0.39 is 11.4 Å². The average Bonchev–Trinajstić information content (AvgIpc) is 2.75. The molecule has 1 N–H and O–H groups in total. The number of rotatable bonds is 1. The van der Waals surface area contributed by atoms with E-state index in [-0.39, 0.29) is 11.3 Å². The van der Waals surface area contributed by atoms with Crippen molar-refractivity contribution in [3.8, 4) is 11.5 Å². The third-order valence-corrected chi connectivity index (χ3v) is 4.42. The van der Waals surface area contributed by atoms with Gasteiger partial charge in [0.1, 0.15) is 11.5 Å². The minimum atomic E-state index is -1.08. The van der Waals surface area contributed by atoms with Gasteiger partial charge in [-0.2, -0.15) is 0 Å². The van der Waals surface area contributed by atoms with Gasteiger partial charge in [-0.15, -0.1) is 0 Å². The van der Waals surface area contributed by atoms with Crippen molar-refractivity contribution in [3.63, 3.8) is 0 Å². The molecule has 1 spiro atoms. The van der Waals surface area contributed by atoms with Gasteiger partial charge in [0.15, 0.2) is 6.29 Å². The number of carbonyl (C=O) groups is 1. The SMILES string of the molecule is CC1(C)OC2(C=Cc3ccc(O)c(C=O)c3O2)c2ccccc21. The molecule has 4 rings (SSSR count). The molecule has 116 valence electrons. The topological polar surface area (TPSA) is 55.8 Å². The molecule has 2 aliphatic rings. The molecule has 2 aliphatic heterocycles. The molecule has 2 aromatic rings. The molecule has 0 radical (unpaired) electrons. The number of aldehydes is 1. The summed E-state index contributed by atoms with van der Waals surface area (Å²) in [4.78, 5) is 11.4. The van der Waals surface area contributed by atoms with Crippen LogP contribution in [0.15, 0.2) is 42.5 Å². The molecule has 2 aromatic carbocycles. The van der Waals surface area contributed by atoms with Crippen LogP contribution >= 0.6 is 0 Å².